The van der Waals surface area contributed by atoms with E-state index in [9.17, 15) is 35.1 Å². The Balaban J connectivity index is 3.51. The van der Waals surface area contributed by atoms with Crippen LogP contribution in [0.2, 0.25) is 0 Å². The third-order valence-electron chi connectivity index (χ3n) is 2.32. The monoisotopic (exact) mass is 298 g/mol. The van der Waals surface area contributed by atoms with E-state index in [0.29, 0.717) is 0 Å². The molecule has 1 heterocycles. The zero-order valence-electron chi connectivity index (χ0n) is 8.91. The van der Waals surface area contributed by atoms with Gasteiger partial charge in [-0.2, -0.15) is 26.3 Å². The lowest BCUT2D eigenvalue weighted by molar-refractivity contribution is -0.456. The second-order valence-corrected chi connectivity index (χ2v) is 3.51. The van der Waals surface area contributed by atoms with Gasteiger partial charge in [-0.3, -0.25) is 9.47 Å². The number of hydrogen-bond acceptors (Lipinski definition) is 2. The molecular weight excluding hydrogens is 292 g/mol. The van der Waals surface area contributed by atoms with E-state index < -0.39 is 29.8 Å². The lowest BCUT2D eigenvalue weighted by Crippen LogP contribution is -2.58. The Kier molecular flexibility index (Phi) is 3.28. The first-order valence-corrected chi connectivity index (χ1v) is 4.47. The molecule has 1 saturated heterocycles. The second-order valence-electron chi connectivity index (χ2n) is 3.51. The summed E-state index contributed by atoms with van der Waals surface area (Å²) < 4.78 is 109. The predicted octanol–water partition coefficient (Wildman–Crippen LogP) is 3.56. The highest BCUT2D eigenvalue weighted by molar-refractivity contribution is 5.15. The minimum Gasteiger partial charge on any atom is -0.289 e. The normalized spacial score (nSPS) is 35.2. The van der Waals surface area contributed by atoms with Crippen molar-refractivity contribution in [3.05, 3.63) is 25.3 Å². The van der Waals surface area contributed by atoms with Crippen molar-refractivity contribution in [2.45, 2.75) is 29.8 Å². The van der Waals surface area contributed by atoms with Gasteiger partial charge in [0, 0.05) is 0 Å². The molecule has 1 rings (SSSR count). The summed E-state index contributed by atoms with van der Waals surface area (Å²) >= 11 is 0. The molecule has 10 heteroatoms. The third kappa shape index (κ3) is 1.93. The minimum absolute atomic E-state index is 0.214. The molecule has 2 unspecified atom stereocenters. The van der Waals surface area contributed by atoms with Crippen molar-refractivity contribution >= 4 is 0 Å². The van der Waals surface area contributed by atoms with Crippen molar-refractivity contribution in [1.82, 2.24) is 0 Å². The van der Waals surface area contributed by atoms with E-state index in [1.54, 1.807) is 0 Å². The van der Waals surface area contributed by atoms with Gasteiger partial charge in [-0.1, -0.05) is 13.2 Å². The van der Waals surface area contributed by atoms with Crippen LogP contribution in [0.25, 0.3) is 0 Å². The van der Waals surface area contributed by atoms with Gasteiger partial charge in [-0.05, 0) is 12.2 Å². The van der Waals surface area contributed by atoms with E-state index in [1.165, 1.54) is 0 Å². The Morgan fingerprint density at radius 3 is 1.16 bits per heavy atom. The first-order chi connectivity index (χ1) is 8.29. The van der Waals surface area contributed by atoms with Crippen LogP contribution in [0.4, 0.5) is 35.1 Å². The molecule has 2 atom stereocenters. The quantitative estimate of drug-likeness (QED) is 0.573. The number of ether oxygens (including phenoxy) is 2. The topological polar surface area (TPSA) is 18.5 Å². The summed E-state index contributed by atoms with van der Waals surface area (Å²) in [6, 6.07) is 0. The molecule has 0 aromatic rings. The summed E-state index contributed by atoms with van der Waals surface area (Å²) in [6.07, 6.45) is -13.0. The molecule has 0 aliphatic carbocycles. The molecule has 1 aliphatic rings. The maximum absolute atomic E-state index is 13.7. The van der Waals surface area contributed by atoms with Crippen molar-refractivity contribution in [1.29, 1.82) is 0 Å². The molecular formula is C9H6F8O2. The Labute approximate surface area is 101 Å². The summed E-state index contributed by atoms with van der Waals surface area (Å²) in [5.41, 5.74) is 0. The maximum Gasteiger partial charge on any atom is 0.453 e. The third-order valence-corrected chi connectivity index (χ3v) is 2.32. The smallest absolute Gasteiger partial charge is 0.289 e. The number of alkyl halides is 8. The van der Waals surface area contributed by atoms with E-state index in [2.05, 4.69) is 22.6 Å². The zero-order chi connectivity index (χ0) is 15.3. The molecule has 0 aromatic carbocycles. The number of halogens is 8. The lowest BCUT2D eigenvalue weighted by atomic mass is 10.1. The fourth-order valence-electron chi connectivity index (χ4n) is 1.33. The highest BCUT2D eigenvalue weighted by Gasteiger charge is 2.85. The lowest BCUT2D eigenvalue weighted by Gasteiger charge is -2.31. The first-order valence-electron chi connectivity index (χ1n) is 4.47. The van der Waals surface area contributed by atoms with Gasteiger partial charge in [-0.25, -0.2) is 8.78 Å². The van der Waals surface area contributed by atoms with Gasteiger partial charge in [0.1, 0.15) is 0 Å². The van der Waals surface area contributed by atoms with Crippen molar-refractivity contribution < 1.29 is 44.6 Å². The summed E-state index contributed by atoms with van der Waals surface area (Å²) in [7, 11) is 0. The molecule has 0 N–H and O–H groups in total. The minimum atomic E-state index is -6.28. The molecule has 110 valence electrons. The fraction of sp³-hybridized carbons (Fsp3) is 0.556. The van der Waals surface area contributed by atoms with Gasteiger partial charge < -0.3 is 0 Å². The Morgan fingerprint density at radius 1 is 0.737 bits per heavy atom. The molecule has 0 spiro atoms. The van der Waals surface area contributed by atoms with Gasteiger partial charge in [0.05, 0.1) is 0 Å². The average molecular weight is 298 g/mol. The summed E-state index contributed by atoms with van der Waals surface area (Å²) in [4.78, 5) is 0. The van der Waals surface area contributed by atoms with Crippen LogP contribution in [-0.4, -0.2) is 29.8 Å². The van der Waals surface area contributed by atoms with E-state index >= 15 is 0 Å². The van der Waals surface area contributed by atoms with Gasteiger partial charge in [0.2, 0.25) is 0 Å². The SMILES string of the molecule is C=CC1(F)OC(C(F)(F)F)(C(F)(F)F)OC1(F)C=C. The van der Waals surface area contributed by atoms with E-state index in [1.807, 2.05) is 0 Å². The van der Waals surface area contributed by atoms with Gasteiger partial charge >= 0.3 is 18.1 Å². The molecule has 0 radical (unpaired) electrons. The molecule has 1 fully saturated rings. The average Bonchev–Trinajstić information content (AvgIpc) is 2.49. The Bertz CT molecular complexity index is 362. The molecule has 0 aromatic heterocycles. The molecule has 19 heavy (non-hydrogen) atoms. The molecule has 0 saturated carbocycles. The first kappa shape index (κ1) is 15.9. The van der Waals surface area contributed by atoms with Crippen molar-refractivity contribution in [2.24, 2.45) is 0 Å². The van der Waals surface area contributed by atoms with Crippen LogP contribution in [0, 0.1) is 0 Å². The van der Waals surface area contributed by atoms with Crippen LogP contribution in [0.15, 0.2) is 25.3 Å². The molecule has 1 aliphatic heterocycles. The highest BCUT2D eigenvalue weighted by Crippen LogP contribution is 2.59. The van der Waals surface area contributed by atoms with Crippen LogP contribution in [-0.2, 0) is 9.47 Å². The van der Waals surface area contributed by atoms with E-state index in [-0.39, 0.29) is 12.2 Å². The predicted molar refractivity (Wildman–Crippen MR) is 45.1 cm³/mol. The van der Waals surface area contributed by atoms with Crippen molar-refractivity contribution in [3.63, 3.8) is 0 Å². The fourth-order valence-corrected chi connectivity index (χ4v) is 1.33. The summed E-state index contributed by atoms with van der Waals surface area (Å²) in [5, 5.41) is 0. The van der Waals surface area contributed by atoms with Crippen LogP contribution < -0.4 is 0 Å². The van der Waals surface area contributed by atoms with E-state index in [0.717, 1.165) is 0 Å². The van der Waals surface area contributed by atoms with Crippen molar-refractivity contribution in [3.8, 4) is 0 Å². The molecule has 0 bridgehead atoms. The van der Waals surface area contributed by atoms with Gasteiger partial charge in [0.15, 0.2) is 0 Å². The molecule has 2 nitrogen and oxygen atoms in total. The summed E-state index contributed by atoms with van der Waals surface area (Å²) in [5.74, 6) is -13.8. The number of hydrogen-bond donors (Lipinski definition) is 0. The van der Waals surface area contributed by atoms with Crippen LogP contribution >= 0.6 is 0 Å². The van der Waals surface area contributed by atoms with Gasteiger partial charge in [0.25, 0.3) is 11.7 Å². The standard InChI is InChI=1S/C9H6F8O2/c1-3-5(10)6(11,4-2)19-7(18-5,8(12,13)14)9(15,16)17/h3-4H,1-2H2. The second kappa shape index (κ2) is 3.92. The Morgan fingerprint density at radius 2 is 1.00 bits per heavy atom. The van der Waals surface area contributed by atoms with Gasteiger partial charge in [-0.15, -0.1) is 0 Å². The maximum atomic E-state index is 13.7. The van der Waals surface area contributed by atoms with E-state index in [4.69, 9.17) is 0 Å². The molecule has 0 amide bonds. The zero-order valence-corrected chi connectivity index (χ0v) is 8.91. The van der Waals surface area contributed by atoms with Crippen LogP contribution in [0.5, 0.6) is 0 Å². The summed E-state index contributed by atoms with van der Waals surface area (Å²) in [6.45, 7) is 5.17. The highest BCUT2D eigenvalue weighted by atomic mass is 19.4. The van der Waals surface area contributed by atoms with Crippen LogP contribution in [0.3, 0.4) is 0 Å². The Hall–Kier alpha value is -1.16. The number of rotatable bonds is 2. The largest absolute Gasteiger partial charge is 0.453 e. The van der Waals surface area contributed by atoms with Crippen LogP contribution in [0.1, 0.15) is 0 Å². The van der Waals surface area contributed by atoms with Crippen molar-refractivity contribution in [2.75, 3.05) is 0 Å².